The molecule has 128 valence electrons. The highest BCUT2D eigenvalue weighted by molar-refractivity contribution is 5.96. The van der Waals surface area contributed by atoms with Gasteiger partial charge >= 0.3 is 5.97 Å². The molecule has 1 aromatic carbocycles. The Morgan fingerprint density at radius 2 is 1.79 bits per heavy atom. The number of nitrogens with one attached hydrogen (secondary N) is 3. The van der Waals surface area contributed by atoms with Gasteiger partial charge in [-0.3, -0.25) is 19.8 Å². The monoisotopic (exact) mass is 332 g/mol. The second-order valence-corrected chi connectivity index (χ2v) is 5.05. The number of amides is 2. The molecule has 0 fully saturated rings. The number of anilines is 1. The minimum atomic E-state index is -1.05. The first kappa shape index (κ1) is 18.9. The van der Waals surface area contributed by atoms with Crippen LogP contribution in [0.5, 0.6) is 0 Å². The fourth-order valence-electron chi connectivity index (χ4n) is 1.84. The van der Waals surface area contributed by atoms with Crippen molar-refractivity contribution in [3.8, 4) is 0 Å². The lowest BCUT2D eigenvalue weighted by atomic mass is 10.1. The van der Waals surface area contributed by atoms with E-state index in [2.05, 4.69) is 17.2 Å². The molecular weight excluding hydrogens is 312 g/mol. The minimum Gasteiger partial charge on any atom is -0.481 e. The van der Waals surface area contributed by atoms with E-state index in [-0.39, 0.29) is 31.0 Å². The van der Waals surface area contributed by atoms with Crippen molar-refractivity contribution in [1.29, 1.82) is 5.41 Å². The Morgan fingerprint density at radius 3 is 2.29 bits per heavy atom. The van der Waals surface area contributed by atoms with Crippen molar-refractivity contribution in [1.82, 2.24) is 5.32 Å². The number of amidine groups is 1. The molecule has 0 unspecified atom stereocenters. The molecule has 0 aliphatic rings. The molecule has 1 aromatic rings. The lowest BCUT2D eigenvalue weighted by Gasteiger charge is -2.12. The van der Waals surface area contributed by atoms with Crippen molar-refractivity contribution in [3.05, 3.63) is 42.5 Å². The van der Waals surface area contributed by atoms with E-state index in [0.29, 0.717) is 11.3 Å². The highest BCUT2D eigenvalue weighted by Gasteiger charge is 2.13. The lowest BCUT2D eigenvalue weighted by molar-refractivity contribution is -0.137. The number of hydrogen-bond acceptors (Lipinski definition) is 4. The number of rotatable bonds is 9. The molecule has 1 atom stereocenters. The van der Waals surface area contributed by atoms with Gasteiger partial charge in [-0.25, -0.2) is 0 Å². The summed E-state index contributed by atoms with van der Waals surface area (Å²) in [6, 6.07) is 5.75. The fourth-order valence-corrected chi connectivity index (χ4v) is 1.84. The third kappa shape index (κ3) is 6.73. The predicted octanol–water partition coefficient (Wildman–Crippen LogP) is 0.835. The Labute approximate surface area is 139 Å². The normalized spacial score (nSPS) is 11.2. The summed E-state index contributed by atoms with van der Waals surface area (Å²) in [5.41, 5.74) is 6.41. The van der Waals surface area contributed by atoms with Crippen LogP contribution in [0.4, 0.5) is 5.69 Å². The number of nitrogen functional groups attached to an aromatic ring is 1. The van der Waals surface area contributed by atoms with Gasteiger partial charge in [0.2, 0.25) is 11.8 Å². The summed E-state index contributed by atoms with van der Waals surface area (Å²) in [6.45, 7) is 3.46. The summed E-state index contributed by atoms with van der Waals surface area (Å²) in [5.74, 6) is -1.90. The first-order chi connectivity index (χ1) is 11.3. The van der Waals surface area contributed by atoms with Crippen molar-refractivity contribution in [2.75, 3.05) is 5.32 Å². The predicted molar refractivity (Wildman–Crippen MR) is 89.7 cm³/mol. The molecule has 0 bridgehead atoms. The van der Waals surface area contributed by atoms with Gasteiger partial charge in [0.05, 0.1) is 12.5 Å². The Morgan fingerprint density at radius 1 is 1.21 bits per heavy atom. The van der Waals surface area contributed by atoms with Crippen molar-refractivity contribution in [3.63, 3.8) is 0 Å². The zero-order valence-electron chi connectivity index (χ0n) is 13.0. The smallest absolute Gasteiger partial charge is 0.305 e. The van der Waals surface area contributed by atoms with Crippen LogP contribution in [0.15, 0.2) is 36.9 Å². The zero-order valence-corrected chi connectivity index (χ0v) is 13.0. The van der Waals surface area contributed by atoms with Gasteiger partial charge in [0.1, 0.15) is 5.84 Å². The number of nitrogens with two attached hydrogens (primary N) is 1. The molecule has 0 radical (unpaired) electrons. The summed E-state index contributed by atoms with van der Waals surface area (Å²) >= 11 is 0. The Kier molecular flexibility index (Phi) is 7.15. The zero-order chi connectivity index (χ0) is 18.1. The Hall–Kier alpha value is -3.16. The molecular formula is C16H20N4O4. The van der Waals surface area contributed by atoms with Crippen LogP contribution in [-0.2, 0) is 14.4 Å². The molecule has 0 aromatic heterocycles. The maximum Gasteiger partial charge on any atom is 0.305 e. The largest absolute Gasteiger partial charge is 0.481 e. The van der Waals surface area contributed by atoms with E-state index >= 15 is 0 Å². The number of benzene rings is 1. The third-order valence-electron chi connectivity index (χ3n) is 3.08. The first-order valence-corrected chi connectivity index (χ1v) is 7.20. The Bertz CT molecular complexity index is 640. The van der Waals surface area contributed by atoms with Gasteiger partial charge < -0.3 is 21.5 Å². The van der Waals surface area contributed by atoms with Crippen molar-refractivity contribution < 1.29 is 19.5 Å². The Balaban J connectivity index is 2.42. The summed E-state index contributed by atoms with van der Waals surface area (Å²) in [4.78, 5) is 34.1. The molecule has 0 spiro atoms. The van der Waals surface area contributed by atoms with Crippen molar-refractivity contribution in [2.45, 2.75) is 25.3 Å². The molecule has 8 nitrogen and oxygen atoms in total. The molecule has 1 rings (SSSR count). The first-order valence-electron chi connectivity index (χ1n) is 7.20. The summed E-state index contributed by atoms with van der Waals surface area (Å²) in [5, 5.41) is 21.1. The van der Waals surface area contributed by atoms with E-state index in [4.69, 9.17) is 16.2 Å². The molecule has 0 saturated carbocycles. The summed E-state index contributed by atoms with van der Waals surface area (Å²) in [7, 11) is 0. The summed E-state index contributed by atoms with van der Waals surface area (Å²) < 4.78 is 0. The van der Waals surface area contributed by atoms with E-state index in [9.17, 15) is 14.4 Å². The van der Waals surface area contributed by atoms with Crippen LogP contribution >= 0.6 is 0 Å². The minimum absolute atomic E-state index is 0.0444. The maximum atomic E-state index is 11.8. The highest BCUT2D eigenvalue weighted by Crippen LogP contribution is 2.10. The third-order valence-corrected chi connectivity index (χ3v) is 3.08. The quantitative estimate of drug-likeness (QED) is 0.258. The number of carbonyl (C=O) groups excluding carboxylic acids is 2. The van der Waals surface area contributed by atoms with Gasteiger partial charge in [0.15, 0.2) is 0 Å². The van der Waals surface area contributed by atoms with Gasteiger partial charge in [-0.05, 0) is 24.3 Å². The maximum absolute atomic E-state index is 11.8. The second-order valence-electron chi connectivity index (χ2n) is 5.05. The second kappa shape index (κ2) is 9.09. The average molecular weight is 332 g/mol. The van der Waals surface area contributed by atoms with Gasteiger partial charge in [-0.15, -0.1) is 6.58 Å². The van der Waals surface area contributed by atoms with E-state index in [1.54, 1.807) is 24.3 Å². The van der Waals surface area contributed by atoms with Gasteiger partial charge in [-0.1, -0.05) is 6.08 Å². The molecule has 0 heterocycles. The highest BCUT2D eigenvalue weighted by atomic mass is 16.4. The number of carbonyl (C=O) groups is 3. The summed E-state index contributed by atoms with van der Waals surface area (Å²) in [6.07, 6.45) is 0.963. The molecule has 0 aliphatic carbocycles. The molecule has 6 N–H and O–H groups in total. The van der Waals surface area contributed by atoms with Crippen LogP contribution in [-0.4, -0.2) is 34.8 Å². The SMILES string of the molecule is C=C[C@@H](CC(=O)O)NC(=O)CCC(=O)Nc1ccc(C(=N)N)cc1. The van der Waals surface area contributed by atoms with Gasteiger partial charge in [0.25, 0.3) is 0 Å². The van der Waals surface area contributed by atoms with E-state index in [1.165, 1.54) is 6.08 Å². The number of hydrogen-bond donors (Lipinski definition) is 5. The fraction of sp³-hybridized carbons (Fsp3) is 0.250. The number of carboxylic acid groups (broad SMARTS) is 1. The molecule has 24 heavy (non-hydrogen) atoms. The van der Waals surface area contributed by atoms with E-state index in [1.807, 2.05) is 0 Å². The topological polar surface area (TPSA) is 145 Å². The molecule has 2 amide bonds. The number of aliphatic carboxylic acids is 1. The van der Waals surface area contributed by atoms with Crippen molar-refractivity contribution >= 4 is 29.3 Å². The molecule has 0 saturated heterocycles. The van der Waals surface area contributed by atoms with Crippen molar-refractivity contribution in [2.24, 2.45) is 5.73 Å². The number of carboxylic acids is 1. The average Bonchev–Trinajstić information content (AvgIpc) is 2.52. The van der Waals surface area contributed by atoms with E-state index in [0.717, 1.165) is 0 Å². The van der Waals surface area contributed by atoms with Crippen LogP contribution in [0.3, 0.4) is 0 Å². The van der Waals surface area contributed by atoms with Gasteiger partial charge in [-0.2, -0.15) is 0 Å². The van der Waals surface area contributed by atoms with Crippen LogP contribution in [0.1, 0.15) is 24.8 Å². The van der Waals surface area contributed by atoms with Crippen LogP contribution in [0, 0.1) is 5.41 Å². The van der Waals surface area contributed by atoms with Crippen LogP contribution < -0.4 is 16.4 Å². The van der Waals surface area contributed by atoms with Crippen LogP contribution in [0.25, 0.3) is 0 Å². The van der Waals surface area contributed by atoms with E-state index < -0.39 is 17.9 Å². The molecule has 8 heteroatoms. The van der Waals surface area contributed by atoms with Crippen LogP contribution in [0.2, 0.25) is 0 Å². The van der Waals surface area contributed by atoms with Gasteiger partial charge in [0, 0.05) is 24.1 Å². The lowest BCUT2D eigenvalue weighted by Crippen LogP contribution is -2.35. The molecule has 0 aliphatic heterocycles. The standard InChI is InChI=1S/C16H20N4O4/c1-2-11(9-15(23)24)19-13(21)7-8-14(22)20-12-5-3-10(4-6-12)16(17)18/h2-6,11H,1,7-9H2,(H3,17,18)(H,19,21)(H,20,22)(H,23,24)/t11-/m0/s1.